The van der Waals surface area contributed by atoms with Crippen molar-refractivity contribution in [1.29, 1.82) is 0 Å². The van der Waals surface area contributed by atoms with E-state index in [1.807, 2.05) is 34.6 Å². The van der Waals surface area contributed by atoms with E-state index in [-0.39, 0.29) is 0 Å². The minimum Gasteiger partial charge on any atom is -0.452 e. The van der Waals surface area contributed by atoms with Crippen LogP contribution < -0.4 is 5.32 Å². The van der Waals surface area contributed by atoms with E-state index in [1.165, 1.54) is 0 Å². The number of imide groups is 1. The van der Waals surface area contributed by atoms with Gasteiger partial charge in [-0.2, -0.15) is 0 Å². The summed E-state index contributed by atoms with van der Waals surface area (Å²) in [4.78, 5) is 36.8. The van der Waals surface area contributed by atoms with Crippen LogP contribution in [0.5, 0.6) is 0 Å². The summed E-state index contributed by atoms with van der Waals surface area (Å²) in [5.41, 5.74) is 5.48. The lowest BCUT2D eigenvalue weighted by atomic mass is 9.90. The summed E-state index contributed by atoms with van der Waals surface area (Å²) < 4.78 is 5.15. The van der Waals surface area contributed by atoms with Crippen LogP contribution in [-0.2, 0) is 9.53 Å². The van der Waals surface area contributed by atoms with Crippen LogP contribution in [0.3, 0.4) is 0 Å². The first-order valence-electron chi connectivity index (χ1n) is 7.58. The minimum absolute atomic E-state index is 0.302. The Bertz CT molecular complexity index is 665. The van der Waals surface area contributed by atoms with Crippen LogP contribution in [0.1, 0.15) is 38.2 Å². The Morgan fingerprint density at radius 2 is 1.52 bits per heavy atom. The van der Waals surface area contributed by atoms with Crippen molar-refractivity contribution in [2.75, 3.05) is 19.7 Å². The summed E-state index contributed by atoms with van der Waals surface area (Å²) in [5, 5.41) is 2.53. The molecule has 0 atom stereocenters. The van der Waals surface area contributed by atoms with Gasteiger partial charge in [0.1, 0.15) is 0 Å². The predicted octanol–water partition coefficient (Wildman–Crippen LogP) is 1.94. The van der Waals surface area contributed by atoms with Crippen LogP contribution in [-0.4, -0.2) is 42.5 Å². The summed E-state index contributed by atoms with van der Waals surface area (Å²) >= 11 is 0. The second-order valence-corrected chi connectivity index (χ2v) is 5.85. The van der Waals surface area contributed by atoms with Crippen molar-refractivity contribution in [1.82, 2.24) is 10.2 Å². The first-order chi connectivity index (χ1) is 10.8. The molecular formula is C17H22N2O4. The van der Waals surface area contributed by atoms with E-state index in [0.717, 1.165) is 32.7 Å². The molecule has 6 nitrogen and oxygen atoms in total. The van der Waals surface area contributed by atoms with Gasteiger partial charge in [-0.1, -0.05) is 0 Å². The first-order valence-corrected chi connectivity index (χ1v) is 7.58. The summed E-state index contributed by atoms with van der Waals surface area (Å²) in [6.07, 6.45) is 0. The van der Waals surface area contributed by atoms with Crippen molar-refractivity contribution in [2.24, 2.45) is 0 Å². The second kappa shape index (κ2) is 6.40. The smallest absolute Gasteiger partial charge is 0.339 e. The van der Waals surface area contributed by atoms with E-state index < -0.39 is 24.5 Å². The molecule has 1 aromatic rings. The zero-order valence-electron chi connectivity index (χ0n) is 14.2. The largest absolute Gasteiger partial charge is 0.452 e. The maximum absolute atomic E-state index is 12.4. The fourth-order valence-corrected chi connectivity index (χ4v) is 2.79. The van der Waals surface area contributed by atoms with Gasteiger partial charge in [-0.3, -0.25) is 9.69 Å². The number of amides is 3. The molecule has 0 aliphatic carbocycles. The molecular weight excluding hydrogens is 296 g/mol. The molecule has 0 radical (unpaired) electrons. The van der Waals surface area contributed by atoms with Crippen molar-refractivity contribution >= 4 is 17.9 Å². The fourth-order valence-electron chi connectivity index (χ4n) is 2.79. The third-order valence-electron chi connectivity index (χ3n) is 4.69. The van der Waals surface area contributed by atoms with Crippen molar-refractivity contribution in [3.8, 4) is 0 Å². The highest BCUT2D eigenvalue weighted by Crippen LogP contribution is 2.26. The van der Waals surface area contributed by atoms with Crippen LogP contribution >= 0.6 is 0 Å². The van der Waals surface area contributed by atoms with Gasteiger partial charge >= 0.3 is 12.0 Å². The Kier molecular flexibility index (Phi) is 4.73. The fraction of sp³-hybridized carbons (Fsp3) is 0.471. The number of carbonyl (C=O) groups excluding carboxylic acids is 3. The molecule has 6 heteroatoms. The molecule has 0 saturated carbocycles. The van der Waals surface area contributed by atoms with E-state index >= 15 is 0 Å². The molecule has 3 amide bonds. The van der Waals surface area contributed by atoms with Gasteiger partial charge in [0, 0.05) is 13.1 Å². The molecule has 0 spiro atoms. The lowest BCUT2D eigenvalue weighted by Gasteiger charge is -2.18. The first kappa shape index (κ1) is 17.0. The number of hydrogen-bond acceptors (Lipinski definition) is 4. The Labute approximate surface area is 135 Å². The molecule has 1 aromatic carbocycles. The Morgan fingerprint density at radius 3 is 2.00 bits per heavy atom. The van der Waals surface area contributed by atoms with E-state index in [9.17, 15) is 14.4 Å². The van der Waals surface area contributed by atoms with Gasteiger partial charge in [-0.15, -0.1) is 0 Å². The maximum atomic E-state index is 12.4. The van der Waals surface area contributed by atoms with Gasteiger partial charge in [0.25, 0.3) is 5.91 Å². The normalized spacial score (nSPS) is 14.0. The maximum Gasteiger partial charge on any atom is 0.339 e. The number of urea groups is 1. The van der Waals surface area contributed by atoms with Gasteiger partial charge in [0.15, 0.2) is 6.61 Å². The van der Waals surface area contributed by atoms with E-state index in [0.29, 0.717) is 18.7 Å². The number of esters is 1. The van der Waals surface area contributed by atoms with E-state index in [4.69, 9.17) is 4.74 Å². The van der Waals surface area contributed by atoms with Gasteiger partial charge in [0.05, 0.1) is 5.56 Å². The molecule has 1 aliphatic rings. The lowest BCUT2D eigenvalue weighted by molar-refractivity contribution is -0.130. The standard InChI is InChI=1S/C17H22N2O4/c1-9-10(2)12(4)15(13(5)11(9)3)16(21)23-8-14(20)19-7-6-18-17(19)22/h6-8H2,1-5H3,(H,18,22). The summed E-state index contributed by atoms with van der Waals surface area (Å²) in [6.45, 7) is 10.00. The zero-order chi connectivity index (χ0) is 17.3. The Balaban J connectivity index is 2.16. The number of carbonyl (C=O) groups is 3. The number of benzene rings is 1. The number of nitrogens with zero attached hydrogens (tertiary/aromatic N) is 1. The van der Waals surface area contributed by atoms with Gasteiger partial charge in [-0.25, -0.2) is 9.59 Å². The average Bonchev–Trinajstić information content (AvgIpc) is 2.95. The van der Waals surface area contributed by atoms with Crippen LogP contribution in [0, 0.1) is 34.6 Å². The number of rotatable bonds is 3. The van der Waals surface area contributed by atoms with Crippen LogP contribution in [0.15, 0.2) is 0 Å². The van der Waals surface area contributed by atoms with Crippen LogP contribution in [0.25, 0.3) is 0 Å². The van der Waals surface area contributed by atoms with Crippen molar-refractivity contribution in [2.45, 2.75) is 34.6 Å². The topological polar surface area (TPSA) is 75.7 Å². The molecule has 1 fully saturated rings. The third kappa shape index (κ3) is 3.06. The SMILES string of the molecule is Cc1c(C)c(C)c(C(=O)OCC(=O)N2CCNC2=O)c(C)c1C. The van der Waals surface area contributed by atoms with Gasteiger partial charge in [0.2, 0.25) is 0 Å². The summed E-state index contributed by atoms with van der Waals surface area (Å²) in [7, 11) is 0. The lowest BCUT2D eigenvalue weighted by Crippen LogP contribution is -2.37. The van der Waals surface area contributed by atoms with Crippen molar-refractivity contribution in [3.05, 3.63) is 33.4 Å². The molecule has 23 heavy (non-hydrogen) atoms. The van der Waals surface area contributed by atoms with Gasteiger partial charge in [-0.05, 0) is 62.4 Å². The second-order valence-electron chi connectivity index (χ2n) is 5.85. The molecule has 124 valence electrons. The predicted molar refractivity (Wildman–Crippen MR) is 85.5 cm³/mol. The highest BCUT2D eigenvalue weighted by Gasteiger charge is 2.27. The molecule has 1 N–H and O–H groups in total. The van der Waals surface area contributed by atoms with Gasteiger partial charge < -0.3 is 10.1 Å². The molecule has 1 saturated heterocycles. The van der Waals surface area contributed by atoms with E-state index in [2.05, 4.69) is 5.32 Å². The highest BCUT2D eigenvalue weighted by molar-refractivity contribution is 5.99. The summed E-state index contributed by atoms with van der Waals surface area (Å²) in [6, 6.07) is -0.444. The highest BCUT2D eigenvalue weighted by atomic mass is 16.5. The quantitative estimate of drug-likeness (QED) is 0.864. The molecule has 0 unspecified atom stereocenters. The number of hydrogen-bond donors (Lipinski definition) is 1. The Hall–Kier alpha value is -2.37. The molecule has 0 aromatic heterocycles. The average molecular weight is 318 g/mol. The van der Waals surface area contributed by atoms with Crippen molar-refractivity contribution in [3.63, 3.8) is 0 Å². The number of ether oxygens (including phenoxy) is 1. The molecule has 1 aliphatic heterocycles. The van der Waals surface area contributed by atoms with Crippen LogP contribution in [0.2, 0.25) is 0 Å². The minimum atomic E-state index is -0.529. The molecule has 1 heterocycles. The van der Waals surface area contributed by atoms with E-state index in [1.54, 1.807) is 0 Å². The third-order valence-corrected chi connectivity index (χ3v) is 4.69. The summed E-state index contributed by atoms with van der Waals surface area (Å²) in [5.74, 6) is -1.04. The molecule has 2 rings (SSSR count). The zero-order valence-corrected chi connectivity index (χ0v) is 14.2. The monoisotopic (exact) mass is 318 g/mol. The van der Waals surface area contributed by atoms with Crippen molar-refractivity contribution < 1.29 is 19.1 Å². The number of nitrogens with one attached hydrogen (secondary N) is 1. The van der Waals surface area contributed by atoms with Crippen LogP contribution in [0.4, 0.5) is 4.79 Å². The molecule has 0 bridgehead atoms. The Morgan fingerprint density at radius 1 is 1.00 bits per heavy atom.